The third kappa shape index (κ3) is 12.8. The van der Waals surface area contributed by atoms with Gasteiger partial charge in [-0.1, -0.05) is 79.8 Å². The second kappa shape index (κ2) is 19.7. The van der Waals surface area contributed by atoms with Crippen LogP contribution in [0.15, 0.2) is 97.3 Å². The van der Waals surface area contributed by atoms with Crippen molar-refractivity contribution < 1.29 is 9.53 Å². The second-order valence-electron chi connectivity index (χ2n) is 9.81. The Bertz CT molecular complexity index is 1160. The number of carbonyl (C=O) groups is 1. The Kier molecular flexibility index (Phi) is 16.1. The lowest BCUT2D eigenvalue weighted by molar-refractivity contribution is 0.0909. The van der Waals surface area contributed by atoms with Gasteiger partial charge in [-0.05, 0) is 89.2 Å². The Labute approximate surface area is 236 Å². The fourth-order valence-electron chi connectivity index (χ4n) is 4.12. The molecular weight excluding hydrogens is 480 g/mol. The van der Waals surface area contributed by atoms with Gasteiger partial charge in [0.15, 0.2) is 0 Å². The maximum Gasteiger partial charge on any atom is 0.231 e. The number of carbonyl (C=O) groups excluding carboxylic acids is 1. The maximum absolute atomic E-state index is 13.0. The highest BCUT2D eigenvalue weighted by Crippen LogP contribution is 2.27. The standard InChI is InChI=1S/C35H48N2O2/c1-5-6-7-8-9-10-11-12-13-14-15-16-17-18-19-20-21-22-23-24-35(38)37-30-31(27-28-36(2)3)33-29-32(39-4)25-26-34(33)37/h6-7,9-10,12-13,15-16,18-19,21-22,25-26,29-30H,5,8,11,14,17,20,23-24,27-28H2,1-4H3/b7-6-,10-9-,13-12-,16-15-,19-18-,22-21-. The summed E-state index contributed by atoms with van der Waals surface area (Å²) >= 11 is 0. The number of likely N-dealkylation sites (N-methyl/N-ethyl adjacent to an activating group) is 1. The van der Waals surface area contributed by atoms with Crippen molar-refractivity contribution in [1.29, 1.82) is 0 Å². The first kappa shape index (κ1) is 31.8. The Morgan fingerprint density at radius 2 is 1.36 bits per heavy atom. The normalized spacial score (nSPS) is 12.8. The summed E-state index contributed by atoms with van der Waals surface area (Å²) in [6.07, 6.45) is 36.4. The van der Waals surface area contributed by atoms with Crippen molar-refractivity contribution in [2.24, 2.45) is 0 Å². The lowest BCUT2D eigenvalue weighted by atomic mass is 10.1. The summed E-state index contributed by atoms with van der Waals surface area (Å²) < 4.78 is 7.23. The predicted octanol–water partition coefficient (Wildman–Crippen LogP) is 8.87. The molecular formula is C35H48N2O2. The number of methoxy groups -OCH3 is 1. The van der Waals surface area contributed by atoms with Crippen LogP contribution in [0, 0.1) is 0 Å². The molecule has 0 N–H and O–H groups in total. The van der Waals surface area contributed by atoms with Gasteiger partial charge in [0.05, 0.1) is 12.6 Å². The van der Waals surface area contributed by atoms with E-state index in [1.54, 1.807) is 7.11 Å². The first-order valence-electron chi connectivity index (χ1n) is 14.3. The summed E-state index contributed by atoms with van der Waals surface area (Å²) in [6, 6.07) is 5.95. The zero-order valence-corrected chi connectivity index (χ0v) is 24.5. The van der Waals surface area contributed by atoms with E-state index in [0.29, 0.717) is 6.42 Å². The minimum absolute atomic E-state index is 0.126. The van der Waals surface area contributed by atoms with Gasteiger partial charge in [-0.15, -0.1) is 0 Å². The largest absolute Gasteiger partial charge is 0.497 e. The van der Waals surface area contributed by atoms with E-state index in [4.69, 9.17) is 4.74 Å². The van der Waals surface area contributed by atoms with Crippen LogP contribution in [0.25, 0.3) is 10.9 Å². The summed E-state index contributed by atoms with van der Waals surface area (Å²) in [7, 11) is 5.81. The van der Waals surface area contributed by atoms with Crippen LogP contribution < -0.4 is 4.74 Å². The first-order valence-corrected chi connectivity index (χ1v) is 14.3. The summed E-state index contributed by atoms with van der Waals surface area (Å²) in [5, 5.41) is 1.10. The topological polar surface area (TPSA) is 34.5 Å². The fourth-order valence-corrected chi connectivity index (χ4v) is 4.12. The van der Waals surface area contributed by atoms with Crippen molar-refractivity contribution >= 4 is 16.8 Å². The minimum Gasteiger partial charge on any atom is -0.497 e. The zero-order valence-electron chi connectivity index (χ0n) is 24.5. The Morgan fingerprint density at radius 3 is 1.87 bits per heavy atom. The highest BCUT2D eigenvalue weighted by molar-refractivity contribution is 5.95. The van der Waals surface area contributed by atoms with Crippen molar-refractivity contribution in [3.05, 3.63) is 103 Å². The fraction of sp³-hybridized carbons (Fsp3) is 0.400. The third-order valence-corrected chi connectivity index (χ3v) is 6.31. The molecule has 2 aromatic rings. The highest BCUT2D eigenvalue weighted by atomic mass is 16.5. The molecule has 0 spiro atoms. The van der Waals surface area contributed by atoms with Gasteiger partial charge in [0, 0.05) is 24.5 Å². The highest BCUT2D eigenvalue weighted by Gasteiger charge is 2.14. The van der Waals surface area contributed by atoms with E-state index in [1.807, 2.05) is 29.0 Å². The quantitative estimate of drug-likeness (QED) is 0.181. The zero-order chi connectivity index (χ0) is 28.1. The number of aromatic nitrogens is 1. The number of nitrogens with zero attached hydrogens (tertiary/aromatic N) is 2. The van der Waals surface area contributed by atoms with Crippen molar-refractivity contribution in [2.45, 2.75) is 64.7 Å². The van der Waals surface area contributed by atoms with Gasteiger partial charge in [0.25, 0.3) is 0 Å². The number of hydrogen-bond acceptors (Lipinski definition) is 3. The third-order valence-electron chi connectivity index (χ3n) is 6.31. The number of hydrogen-bond donors (Lipinski definition) is 0. The molecule has 210 valence electrons. The summed E-state index contributed by atoms with van der Waals surface area (Å²) in [5.41, 5.74) is 2.14. The molecule has 0 aliphatic carbocycles. The predicted molar refractivity (Wildman–Crippen MR) is 169 cm³/mol. The van der Waals surface area contributed by atoms with E-state index in [1.165, 1.54) is 5.56 Å². The second-order valence-corrected chi connectivity index (χ2v) is 9.81. The first-order chi connectivity index (χ1) is 19.1. The molecule has 1 aromatic heterocycles. The number of benzene rings is 1. The molecule has 4 nitrogen and oxygen atoms in total. The van der Waals surface area contributed by atoms with Gasteiger partial charge < -0.3 is 9.64 Å². The van der Waals surface area contributed by atoms with Gasteiger partial charge in [-0.2, -0.15) is 0 Å². The molecule has 0 atom stereocenters. The molecule has 0 aliphatic rings. The van der Waals surface area contributed by atoms with Crippen LogP contribution in [-0.4, -0.2) is 43.1 Å². The molecule has 0 bridgehead atoms. The van der Waals surface area contributed by atoms with Crippen molar-refractivity contribution in [2.75, 3.05) is 27.7 Å². The van der Waals surface area contributed by atoms with E-state index in [-0.39, 0.29) is 5.91 Å². The van der Waals surface area contributed by atoms with Gasteiger partial charge >= 0.3 is 0 Å². The minimum atomic E-state index is 0.126. The van der Waals surface area contributed by atoms with Crippen LogP contribution >= 0.6 is 0 Å². The number of rotatable bonds is 18. The summed E-state index contributed by atoms with van der Waals surface area (Å²) in [6.45, 7) is 3.09. The van der Waals surface area contributed by atoms with Crippen molar-refractivity contribution in [3.63, 3.8) is 0 Å². The van der Waals surface area contributed by atoms with Gasteiger partial charge in [0.1, 0.15) is 5.75 Å². The van der Waals surface area contributed by atoms with Crippen LogP contribution in [0.5, 0.6) is 5.75 Å². The Hall–Kier alpha value is -3.37. The number of allylic oxidation sites excluding steroid dienone is 12. The molecule has 0 radical (unpaired) electrons. The molecule has 0 amide bonds. The molecule has 39 heavy (non-hydrogen) atoms. The molecule has 0 saturated heterocycles. The van der Waals surface area contributed by atoms with E-state index in [0.717, 1.165) is 74.6 Å². The smallest absolute Gasteiger partial charge is 0.231 e. The maximum atomic E-state index is 13.0. The Morgan fingerprint density at radius 1 is 0.821 bits per heavy atom. The molecule has 0 unspecified atom stereocenters. The van der Waals surface area contributed by atoms with Gasteiger partial charge in [-0.3, -0.25) is 9.36 Å². The molecule has 0 aliphatic heterocycles. The van der Waals surface area contributed by atoms with Crippen molar-refractivity contribution in [1.82, 2.24) is 9.47 Å². The monoisotopic (exact) mass is 528 g/mol. The van der Waals surface area contributed by atoms with E-state index < -0.39 is 0 Å². The van der Waals surface area contributed by atoms with Gasteiger partial charge in [-0.25, -0.2) is 0 Å². The molecule has 1 heterocycles. The van der Waals surface area contributed by atoms with Crippen LogP contribution in [-0.2, 0) is 6.42 Å². The SMILES string of the molecule is CC/C=C\C/C=C\C/C=C\C/C=C\C/C=C\C/C=C\CCC(=O)n1cc(CCN(C)C)c2cc(OC)ccc21. The van der Waals surface area contributed by atoms with Crippen LogP contribution in [0.2, 0.25) is 0 Å². The molecule has 1 aromatic carbocycles. The average molecular weight is 529 g/mol. The van der Waals surface area contributed by atoms with Crippen LogP contribution in [0.4, 0.5) is 0 Å². The van der Waals surface area contributed by atoms with Gasteiger partial charge in [0.2, 0.25) is 5.91 Å². The summed E-state index contributed by atoms with van der Waals surface area (Å²) in [5.74, 6) is 0.942. The molecule has 2 rings (SSSR count). The van der Waals surface area contributed by atoms with E-state index in [9.17, 15) is 4.79 Å². The van der Waals surface area contributed by atoms with E-state index >= 15 is 0 Å². The number of fused-ring (bicyclic) bond motifs is 1. The lowest BCUT2D eigenvalue weighted by Crippen LogP contribution is -2.15. The van der Waals surface area contributed by atoms with Crippen molar-refractivity contribution in [3.8, 4) is 5.75 Å². The lowest BCUT2D eigenvalue weighted by Gasteiger charge is -2.08. The average Bonchev–Trinajstić information content (AvgIpc) is 3.30. The number of ether oxygens (including phenoxy) is 1. The van der Waals surface area contributed by atoms with E-state index in [2.05, 4.69) is 98.8 Å². The molecule has 4 heteroatoms. The van der Waals surface area contributed by atoms with Crippen LogP contribution in [0.1, 0.15) is 68.6 Å². The Balaban J connectivity index is 1.69. The molecule has 0 saturated carbocycles. The van der Waals surface area contributed by atoms with Crippen LogP contribution in [0.3, 0.4) is 0 Å². The molecule has 0 fully saturated rings. The summed E-state index contributed by atoms with van der Waals surface area (Å²) in [4.78, 5) is 15.2.